The Balaban J connectivity index is 1.36. The Kier molecular flexibility index (Phi) is 12.9. The molecule has 6 aromatic carbocycles. The molecule has 58 heavy (non-hydrogen) atoms. The van der Waals surface area contributed by atoms with Crippen LogP contribution in [0.4, 0.5) is 0 Å². The molecule has 0 unspecified atom stereocenters. The molecule has 10 nitrogen and oxygen atoms in total. The molecule has 1 aliphatic rings. The Bertz CT molecular complexity index is 2310. The summed E-state index contributed by atoms with van der Waals surface area (Å²) in [4.78, 5) is 55.2. The van der Waals surface area contributed by atoms with Gasteiger partial charge in [0.25, 0.3) is 0 Å². The maximum atomic E-state index is 15.6. The van der Waals surface area contributed by atoms with Gasteiger partial charge >= 0.3 is 23.9 Å². The zero-order valence-corrected chi connectivity index (χ0v) is 32.6. The predicted molar refractivity (Wildman–Crippen MR) is 220 cm³/mol. The van der Waals surface area contributed by atoms with Crippen molar-refractivity contribution in [2.75, 3.05) is 6.61 Å². The molecule has 0 radical (unpaired) electrons. The summed E-state index contributed by atoms with van der Waals surface area (Å²) in [5, 5.41) is 0.927. The number of ether oxygens (including phenoxy) is 5. The maximum absolute atomic E-state index is 15.6. The average Bonchev–Trinajstić information content (AvgIpc) is 3.29. The van der Waals surface area contributed by atoms with Crippen LogP contribution in [-0.4, -0.2) is 60.3 Å². The number of benzene rings is 6. The van der Waals surface area contributed by atoms with E-state index < -0.39 is 66.7 Å². The van der Waals surface area contributed by atoms with Gasteiger partial charge in [-0.1, -0.05) is 145 Å². The molecule has 0 amide bonds. The van der Waals surface area contributed by atoms with Crippen LogP contribution in [0.3, 0.4) is 0 Å². The lowest BCUT2D eigenvalue weighted by Gasteiger charge is -2.45. The van der Waals surface area contributed by atoms with Crippen molar-refractivity contribution in [3.63, 3.8) is 0 Å². The van der Waals surface area contributed by atoms with Crippen LogP contribution in [0.1, 0.15) is 41.4 Å². The fraction of sp³-hybridized carbons (Fsp3) is 0.130. The summed E-state index contributed by atoms with van der Waals surface area (Å²) in [6.07, 6.45) is -9.71. The van der Waals surface area contributed by atoms with E-state index in [9.17, 15) is 19.2 Å². The first kappa shape index (κ1) is 40.0. The summed E-state index contributed by atoms with van der Waals surface area (Å²) in [5.41, 5.74) is -0.611. The van der Waals surface area contributed by atoms with Crippen molar-refractivity contribution >= 4 is 52.2 Å². The number of hydrogen-bond acceptors (Lipinski definition) is 11. The third kappa shape index (κ3) is 9.46. The zero-order chi connectivity index (χ0) is 40.3. The Labute approximate surface area is 339 Å². The zero-order valence-electron chi connectivity index (χ0n) is 30.9. The number of rotatable bonds is 13. The van der Waals surface area contributed by atoms with Crippen LogP contribution < -0.4 is 10.6 Å². The SMILES string of the molecule is O=C(OC[C@H]1O[C@@H](SP(=O)(c2ccccc2)c2ccccc2)[C@H](OC(=O)c2ccccc2)[C@@H](OC(=O)c2ccccc2)[C@@H]1OC(=O)c1ccccc1)c1ccccc1. The molecule has 1 fully saturated rings. The minimum Gasteiger partial charge on any atom is -0.459 e. The molecule has 12 heteroatoms. The number of hydrogen-bond donors (Lipinski definition) is 0. The van der Waals surface area contributed by atoms with Crippen LogP contribution in [-0.2, 0) is 28.2 Å². The first-order valence-electron chi connectivity index (χ1n) is 18.4. The molecule has 6 aromatic rings. The first-order valence-corrected chi connectivity index (χ1v) is 21.5. The van der Waals surface area contributed by atoms with E-state index >= 15 is 4.57 Å². The minimum atomic E-state index is -3.73. The highest BCUT2D eigenvalue weighted by molar-refractivity contribution is 8.62. The maximum Gasteiger partial charge on any atom is 0.338 e. The molecule has 0 aliphatic carbocycles. The second-order valence-electron chi connectivity index (χ2n) is 13.0. The van der Waals surface area contributed by atoms with Crippen molar-refractivity contribution in [1.82, 2.24) is 0 Å². The quantitative estimate of drug-likeness (QED) is 0.0641. The van der Waals surface area contributed by atoms with E-state index in [0.29, 0.717) is 10.6 Å². The number of carbonyl (C=O) groups excluding carboxylic acids is 4. The van der Waals surface area contributed by atoms with E-state index in [2.05, 4.69) is 0 Å². The lowest BCUT2D eigenvalue weighted by atomic mass is 9.98. The molecule has 5 atom stereocenters. The van der Waals surface area contributed by atoms with E-state index in [0.717, 1.165) is 11.4 Å². The molecule has 0 N–H and O–H groups in total. The molecule has 0 saturated carbocycles. The topological polar surface area (TPSA) is 132 Å². The Morgan fingerprint density at radius 2 is 0.776 bits per heavy atom. The van der Waals surface area contributed by atoms with E-state index in [1.807, 2.05) is 0 Å². The van der Waals surface area contributed by atoms with Gasteiger partial charge in [-0.05, 0) is 48.5 Å². The van der Waals surface area contributed by atoms with Crippen molar-refractivity contribution in [3.05, 3.63) is 204 Å². The van der Waals surface area contributed by atoms with Gasteiger partial charge < -0.3 is 28.2 Å². The Morgan fingerprint density at radius 3 is 1.17 bits per heavy atom. The molecule has 1 aliphatic heterocycles. The Hall–Kier alpha value is -6.26. The minimum absolute atomic E-state index is 0.158. The van der Waals surface area contributed by atoms with Gasteiger partial charge in [-0.15, -0.1) is 0 Å². The Morgan fingerprint density at radius 1 is 0.448 bits per heavy atom. The summed E-state index contributed by atoms with van der Waals surface area (Å²) in [6.45, 7) is -0.503. The smallest absolute Gasteiger partial charge is 0.338 e. The molecule has 292 valence electrons. The molecule has 0 aromatic heterocycles. The third-order valence-corrected chi connectivity index (χ3v) is 14.8. The molecular weight excluding hydrogens is 776 g/mol. The molecule has 0 spiro atoms. The van der Waals surface area contributed by atoms with Crippen LogP contribution in [0.25, 0.3) is 0 Å². The van der Waals surface area contributed by atoms with E-state index in [1.165, 1.54) is 0 Å². The molecular formula is C46H37O10PS. The molecule has 1 heterocycles. The van der Waals surface area contributed by atoms with Crippen molar-refractivity contribution in [2.24, 2.45) is 0 Å². The second-order valence-corrected chi connectivity index (χ2v) is 18.0. The summed E-state index contributed by atoms with van der Waals surface area (Å²) in [5.74, 6) is -3.15. The highest BCUT2D eigenvalue weighted by atomic mass is 32.7. The largest absolute Gasteiger partial charge is 0.459 e. The van der Waals surface area contributed by atoms with Gasteiger partial charge in [-0.25, -0.2) is 19.2 Å². The van der Waals surface area contributed by atoms with Crippen LogP contribution in [0.5, 0.6) is 0 Å². The lowest BCUT2D eigenvalue weighted by Crippen LogP contribution is -2.61. The predicted octanol–water partition coefficient (Wildman–Crippen LogP) is 7.91. The van der Waals surface area contributed by atoms with Crippen LogP contribution in [0, 0.1) is 0 Å². The van der Waals surface area contributed by atoms with Crippen molar-refractivity contribution in [2.45, 2.75) is 29.9 Å². The van der Waals surface area contributed by atoms with Crippen molar-refractivity contribution in [1.29, 1.82) is 0 Å². The van der Waals surface area contributed by atoms with Gasteiger partial charge in [0.15, 0.2) is 30.1 Å². The van der Waals surface area contributed by atoms with E-state index in [1.54, 1.807) is 182 Å². The fourth-order valence-corrected chi connectivity index (χ4v) is 11.6. The summed E-state index contributed by atoms with van der Waals surface area (Å²) < 4.78 is 46.7. The van der Waals surface area contributed by atoms with Gasteiger partial charge in [-0.3, -0.25) is 0 Å². The second kappa shape index (κ2) is 18.8. The highest BCUT2D eigenvalue weighted by Gasteiger charge is 2.55. The highest BCUT2D eigenvalue weighted by Crippen LogP contribution is 2.60. The number of carbonyl (C=O) groups is 4. The van der Waals surface area contributed by atoms with Gasteiger partial charge in [0.05, 0.1) is 22.3 Å². The summed E-state index contributed by atoms with van der Waals surface area (Å²) in [7, 11) is 0. The summed E-state index contributed by atoms with van der Waals surface area (Å²) in [6, 6.07) is 50.2. The molecule has 1 saturated heterocycles. The third-order valence-electron chi connectivity index (χ3n) is 9.18. The molecule has 7 rings (SSSR count). The first-order chi connectivity index (χ1) is 28.3. The lowest BCUT2D eigenvalue weighted by molar-refractivity contribution is -0.207. The van der Waals surface area contributed by atoms with E-state index in [-0.39, 0.29) is 22.3 Å². The van der Waals surface area contributed by atoms with E-state index in [4.69, 9.17) is 23.7 Å². The van der Waals surface area contributed by atoms with Crippen LogP contribution in [0.2, 0.25) is 0 Å². The van der Waals surface area contributed by atoms with Crippen LogP contribution in [0.15, 0.2) is 182 Å². The van der Waals surface area contributed by atoms with Crippen molar-refractivity contribution < 1.29 is 47.4 Å². The summed E-state index contributed by atoms with van der Waals surface area (Å²) >= 11 is 0.882. The van der Waals surface area contributed by atoms with Gasteiger partial charge in [0.2, 0.25) is 0 Å². The van der Waals surface area contributed by atoms with Gasteiger partial charge in [-0.2, -0.15) is 0 Å². The monoisotopic (exact) mass is 812 g/mol. The normalized spacial score (nSPS) is 18.9. The number of esters is 4. The van der Waals surface area contributed by atoms with Crippen molar-refractivity contribution in [3.8, 4) is 0 Å². The van der Waals surface area contributed by atoms with Crippen LogP contribution >= 0.6 is 17.7 Å². The standard InChI is InChI=1S/C46H37O10PS/c47-42(32-19-7-1-8-20-32)52-31-38-39(54-43(48)33-21-9-2-10-22-33)40(55-44(49)34-23-11-3-12-24-34)41(56-45(50)35-25-13-4-14-26-35)46(53-38)58-57(51,36-27-15-5-16-28-36)37-29-17-6-18-30-37/h1-30,38-41,46H,31H2/t38-,39-,40+,41-,46+/m1/s1. The average molecular weight is 813 g/mol. The van der Waals surface area contributed by atoms with Gasteiger partial charge in [0.1, 0.15) is 12.7 Å². The molecule has 0 bridgehead atoms. The van der Waals surface area contributed by atoms with Gasteiger partial charge in [0, 0.05) is 10.6 Å². The fourth-order valence-electron chi connectivity index (χ4n) is 6.28.